The molecule has 0 bridgehead atoms. The predicted molar refractivity (Wildman–Crippen MR) is 47.8 cm³/mol. The summed E-state index contributed by atoms with van der Waals surface area (Å²) < 4.78 is 1.22. The second kappa shape index (κ2) is 4.25. The molecular formula is C9H10N2O2. The van der Waals surface area contributed by atoms with Gasteiger partial charge in [0.05, 0.1) is 6.20 Å². The van der Waals surface area contributed by atoms with Gasteiger partial charge in [-0.25, -0.2) is 9.78 Å². The van der Waals surface area contributed by atoms with E-state index >= 15 is 0 Å². The number of nitrogens with zero attached hydrogens (tertiary/aromatic N) is 2. The van der Waals surface area contributed by atoms with Crippen molar-refractivity contribution in [1.82, 2.24) is 9.71 Å². The Morgan fingerprint density at radius 3 is 3.00 bits per heavy atom. The second-order valence-electron chi connectivity index (χ2n) is 2.40. The molecule has 1 heterocycles. The normalized spacial score (nSPS) is 9.23. The Morgan fingerprint density at radius 1 is 1.69 bits per heavy atom. The monoisotopic (exact) mass is 178 g/mol. The summed E-state index contributed by atoms with van der Waals surface area (Å²) in [6, 6.07) is 0. The van der Waals surface area contributed by atoms with E-state index in [0.29, 0.717) is 12.0 Å². The van der Waals surface area contributed by atoms with Crippen molar-refractivity contribution in [2.45, 2.75) is 6.42 Å². The van der Waals surface area contributed by atoms with Crippen LogP contribution in [-0.4, -0.2) is 15.7 Å². The van der Waals surface area contributed by atoms with Gasteiger partial charge in [0.2, 0.25) is 0 Å². The van der Waals surface area contributed by atoms with E-state index in [4.69, 9.17) is 4.84 Å². The molecule has 0 saturated carbocycles. The molecule has 0 aliphatic heterocycles. The van der Waals surface area contributed by atoms with Crippen molar-refractivity contribution in [1.29, 1.82) is 0 Å². The summed E-state index contributed by atoms with van der Waals surface area (Å²) in [7, 11) is 0. The van der Waals surface area contributed by atoms with Crippen LogP contribution in [-0.2, 0) is 4.79 Å². The lowest BCUT2D eigenvalue weighted by Gasteiger charge is -2.03. The first-order valence-corrected chi connectivity index (χ1v) is 3.73. The van der Waals surface area contributed by atoms with Crippen molar-refractivity contribution in [3.63, 3.8) is 0 Å². The molecule has 0 fully saturated rings. The smallest absolute Gasteiger partial charge is 0.330 e. The molecule has 0 aliphatic rings. The standard InChI is InChI=1S/C9H10N2O2/c1-3-4-8(2)9(12)13-11-6-5-10-7-11/h3,5-7H,1-2,4H2. The van der Waals surface area contributed by atoms with Crippen LogP contribution < -0.4 is 4.84 Å². The highest BCUT2D eigenvalue weighted by molar-refractivity contribution is 5.88. The maximum absolute atomic E-state index is 11.2. The number of rotatable bonds is 4. The molecule has 1 aromatic rings. The zero-order valence-corrected chi connectivity index (χ0v) is 7.14. The number of aromatic nitrogens is 2. The fraction of sp³-hybridized carbons (Fsp3) is 0.111. The van der Waals surface area contributed by atoms with E-state index in [-0.39, 0.29) is 0 Å². The highest BCUT2D eigenvalue weighted by atomic mass is 16.7. The van der Waals surface area contributed by atoms with E-state index < -0.39 is 5.97 Å². The molecule has 0 radical (unpaired) electrons. The molecular weight excluding hydrogens is 168 g/mol. The highest BCUT2D eigenvalue weighted by Crippen LogP contribution is 1.99. The number of hydrogen-bond donors (Lipinski definition) is 0. The van der Waals surface area contributed by atoms with Crippen LogP contribution in [0.1, 0.15) is 6.42 Å². The Labute approximate surface area is 76.1 Å². The maximum Gasteiger partial charge on any atom is 0.359 e. The van der Waals surface area contributed by atoms with Crippen molar-refractivity contribution in [2.75, 3.05) is 0 Å². The van der Waals surface area contributed by atoms with E-state index in [2.05, 4.69) is 18.1 Å². The van der Waals surface area contributed by atoms with Crippen molar-refractivity contribution in [3.8, 4) is 0 Å². The second-order valence-corrected chi connectivity index (χ2v) is 2.40. The fourth-order valence-electron chi connectivity index (χ4n) is 0.719. The third-order valence-corrected chi connectivity index (χ3v) is 1.35. The Bertz CT molecular complexity index is 314. The molecule has 13 heavy (non-hydrogen) atoms. The SMILES string of the molecule is C=CCC(=C)C(=O)On1ccnc1. The van der Waals surface area contributed by atoms with Gasteiger partial charge >= 0.3 is 5.97 Å². The predicted octanol–water partition coefficient (Wildman–Crippen LogP) is 0.971. The summed E-state index contributed by atoms with van der Waals surface area (Å²) >= 11 is 0. The molecule has 0 atom stereocenters. The van der Waals surface area contributed by atoms with Crippen molar-refractivity contribution in [2.24, 2.45) is 0 Å². The zero-order valence-electron chi connectivity index (χ0n) is 7.14. The molecule has 0 unspecified atom stereocenters. The Balaban J connectivity index is 2.51. The third kappa shape index (κ3) is 2.59. The van der Waals surface area contributed by atoms with Crippen LogP contribution in [0.3, 0.4) is 0 Å². The van der Waals surface area contributed by atoms with Gasteiger partial charge in [-0.1, -0.05) is 12.7 Å². The minimum absolute atomic E-state index is 0.365. The molecule has 0 saturated heterocycles. The molecule has 4 heteroatoms. The molecule has 0 amide bonds. The lowest BCUT2D eigenvalue weighted by atomic mass is 10.2. The van der Waals surface area contributed by atoms with Gasteiger partial charge in [-0.05, 0) is 6.42 Å². The van der Waals surface area contributed by atoms with E-state index in [1.54, 1.807) is 6.08 Å². The van der Waals surface area contributed by atoms with Gasteiger partial charge in [0.25, 0.3) is 0 Å². The largest absolute Gasteiger partial charge is 0.359 e. The minimum atomic E-state index is -0.474. The first-order valence-electron chi connectivity index (χ1n) is 3.73. The molecule has 0 spiro atoms. The first-order chi connectivity index (χ1) is 6.24. The summed E-state index contributed by atoms with van der Waals surface area (Å²) in [6.45, 7) is 7.04. The van der Waals surface area contributed by atoms with Crippen LogP contribution in [0.15, 0.2) is 43.5 Å². The molecule has 0 aliphatic carbocycles. The minimum Gasteiger partial charge on any atom is -0.330 e. The van der Waals surface area contributed by atoms with Crippen LogP contribution in [0.25, 0.3) is 0 Å². The topological polar surface area (TPSA) is 44.1 Å². The first kappa shape index (κ1) is 9.25. The van der Waals surface area contributed by atoms with E-state index in [1.807, 2.05) is 0 Å². The quantitative estimate of drug-likeness (QED) is 0.509. The lowest BCUT2D eigenvalue weighted by molar-refractivity contribution is -0.139. The Morgan fingerprint density at radius 2 is 2.46 bits per heavy atom. The number of carbonyl (C=O) groups excluding carboxylic acids is 1. The van der Waals surface area contributed by atoms with Gasteiger partial charge in [0.1, 0.15) is 6.33 Å². The third-order valence-electron chi connectivity index (χ3n) is 1.35. The summed E-state index contributed by atoms with van der Waals surface area (Å²) in [6.07, 6.45) is 6.45. The maximum atomic E-state index is 11.2. The van der Waals surface area contributed by atoms with E-state index in [1.165, 1.54) is 23.5 Å². The van der Waals surface area contributed by atoms with Gasteiger partial charge in [-0.15, -0.1) is 6.58 Å². The van der Waals surface area contributed by atoms with Crippen LogP contribution in [0.5, 0.6) is 0 Å². The van der Waals surface area contributed by atoms with Crippen LogP contribution in [0, 0.1) is 0 Å². The van der Waals surface area contributed by atoms with Crippen molar-refractivity contribution >= 4 is 5.97 Å². The molecule has 0 N–H and O–H groups in total. The zero-order chi connectivity index (χ0) is 9.68. The lowest BCUT2D eigenvalue weighted by Crippen LogP contribution is -2.19. The van der Waals surface area contributed by atoms with Gasteiger partial charge in [0.15, 0.2) is 0 Å². The number of allylic oxidation sites excluding steroid dienone is 1. The Hall–Kier alpha value is -1.84. The van der Waals surface area contributed by atoms with Gasteiger partial charge < -0.3 is 4.84 Å². The molecule has 68 valence electrons. The molecule has 1 aromatic heterocycles. The number of carbonyl (C=O) groups is 1. The molecule has 4 nitrogen and oxygen atoms in total. The van der Waals surface area contributed by atoms with Crippen molar-refractivity contribution < 1.29 is 9.63 Å². The van der Waals surface area contributed by atoms with Crippen LogP contribution >= 0.6 is 0 Å². The van der Waals surface area contributed by atoms with Gasteiger partial charge in [-0.3, -0.25) is 0 Å². The highest BCUT2D eigenvalue weighted by Gasteiger charge is 2.07. The fourth-order valence-corrected chi connectivity index (χ4v) is 0.719. The van der Waals surface area contributed by atoms with Crippen LogP contribution in [0.4, 0.5) is 0 Å². The van der Waals surface area contributed by atoms with E-state index in [0.717, 1.165) is 0 Å². The molecule has 0 aromatic carbocycles. The summed E-state index contributed by atoms with van der Waals surface area (Å²) in [5.74, 6) is -0.474. The van der Waals surface area contributed by atoms with Gasteiger partial charge in [0, 0.05) is 11.8 Å². The Kier molecular flexibility index (Phi) is 3.03. The van der Waals surface area contributed by atoms with Crippen LogP contribution in [0.2, 0.25) is 0 Å². The number of hydrogen-bond acceptors (Lipinski definition) is 3. The molecule has 1 rings (SSSR count). The van der Waals surface area contributed by atoms with Crippen molar-refractivity contribution in [3.05, 3.63) is 43.5 Å². The summed E-state index contributed by atoms with van der Waals surface area (Å²) in [5, 5.41) is 0. The van der Waals surface area contributed by atoms with Gasteiger partial charge in [-0.2, -0.15) is 4.73 Å². The number of imidazole rings is 1. The van der Waals surface area contributed by atoms with E-state index in [9.17, 15) is 4.79 Å². The average molecular weight is 178 g/mol. The average Bonchev–Trinajstić information content (AvgIpc) is 2.57. The summed E-state index contributed by atoms with van der Waals surface area (Å²) in [4.78, 5) is 19.7. The summed E-state index contributed by atoms with van der Waals surface area (Å²) in [5.41, 5.74) is 0.365.